The zero-order valence-electron chi connectivity index (χ0n) is 11.4. The van der Waals surface area contributed by atoms with E-state index in [4.69, 9.17) is 9.47 Å². The number of hydrogen-bond acceptors (Lipinski definition) is 5. The number of ether oxygens (including phenoxy) is 2. The van der Waals surface area contributed by atoms with Crippen molar-refractivity contribution in [1.82, 2.24) is 0 Å². The number of methoxy groups -OCH3 is 2. The molecule has 0 aliphatic rings. The molecule has 0 fully saturated rings. The van der Waals surface area contributed by atoms with Crippen LogP contribution in [0.15, 0.2) is 29.6 Å². The van der Waals surface area contributed by atoms with Gasteiger partial charge in [0.25, 0.3) is 0 Å². The van der Waals surface area contributed by atoms with Crippen LogP contribution in [0.4, 0.5) is 0 Å². The lowest BCUT2D eigenvalue weighted by atomic mass is 10.3. The van der Waals surface area contributed by atoms with Gasteiger partial charge >= 0.3 is 0 Å². The topological polar surface area (TPSA) is 18.5 Å². The van der Waals surface area contributed by atoms with E-state index in [1.54, 1.807) is 48.2 Å². The molecule has 0 aromatic carbocycles. The highest BCUT2D eigenvalue weighted by Gasteiger charge is 2.15. The average molecular weight is 322 g/mol. The maximum atomic E-state index is 5.46. The molecule has 20 heavy (non-hydrogen) atoms. The van der Waals surface area contributed by atoms with Crippen LogP contribution in [0.3, 0.4) is 0 Å². The predicted octanol–water partition coefficient (Wildman–Crippen LogP) is 5.53. The van der Waals surface area contributed by atoms with Crippen molar-refractivity contribution in [3.63, 3.8) is 0 Å². The molecule has 0 unspecified atom stereocenters. The van der Waals surface area contributed by atoms with Gasteiger partial charge in [-0.1, -0.05) is 0 Å². The van der Waals surface area contributed by atoms with E-state index in [9.17, 15) is 0 Å². The van der Waals surface area contributed by atoms with Crippen LogP contribution in [0.5, 0.6) is 11.5 Å². The first-order valence-electron chi connectivity index (χ1n) is 6.09. The zero-order valence-corrected chi connectivity index (χ0v) is 13.9. The Balaban J connectivity index is 2.02. The molecular weight excluding hydrogens is 308 g/mol. The Morgan fingerprint density at radius 1 is 0.850 bits per heavy atom. The van der Waals surface area contributed by atoms with Gasteiger partial charge in [0, 0.05) is 14.6 Å². The van der Waals surface area contributed by atoms with Gasteiger partial charge in [0.2, 0.25) is 0 Å². The average Bonchev–Trinajstić information content (AvgIpc) is 3.15. The predicted molar refractivity (Wildman–Crippen MR) is 88.8 cm³/mol. The highest BCUT2D eigenvalue weighted by Crippen LogP contribution is 2.46. The molecule has 104 valence electrons. The van der Waals surface area contributed by atoms with Gasteiger partial charge in [0.05, 0.1) is 24.0 Å². The lowest BCUT2D eigenvalue weighted by molar-refractivity contribution is 0.418. The molecule has 0 aliphatic heterocycles. The first-order chi connectivity index (χ1) is 9.72. The van der Waals surface area contributed by atoms with E-state index < -0.39 is 0 Å². The van der Waals surface area contributed by atoms with E-state index in [0.29, 0.717) is 0 Å². The second kappa shape index (κ2) is 5.60. The van der Waals surface area contributed by atoms with Crippen LogP contribution in [0.1, 0.15) is 4.88 Å². The Labute approximate surface area is 130 Å². The molecule has 0 amide bonds. The minimum atomic E-state index is 0.942. The van der Waals surface area contributed by atoms with E-state index in [1.165, 1.54) is 24.4 Å². The first-order valence-corrected chi connectivity index (χ1v) is 8.60. The van der Waals surface area contributed by atoms with Crippen LogP contribution in [-0.2, 0) is 0 Å². The third-order valence-corrected chi connectivity index (χ3v) is 6.32. The fraction of sp³-hybridized carbons (Fsp3) is 0.200. The highest BCUT2D eigenvalue weighted by molar-refractivity contribution is 7.26. The smallest absolute Gasteiger partial charge is 0.138 e. The SMILES string of the molecule is COc1ccsc1-c1ccc(-c2sc(C)cc2OC)s1. The lowest BCUT2D eigenvalue weighted by Crippen LogP contribution is -1.80. The van der Waals surface area contributed by atoms with E-state index in [0.717, 1.165) is 11.5 Å². The molecule has 3 aromatic rings. The van der Waals surface area contributed by atoms with Gasteiger partial charge < -0.3 is 9.47 Å². The molecule has 0 N–H and O–H groups in total. The summed E-state index contributed by atoms with van der Waals surface area (Å²) in [6.07, 6.45) is 0. The van der Waals surface area contributed by atoms with Crippen LogP contribution in [0.2, 0.25) is 0 Å². The Hall–Kier alpha value is -1.30. The summed E-state index contributed by atoms with van der Waals surface area (Å²) in [4.78, 5) is 6.14. The van der Waals surface area contributed by atoms with Crippen molar-refractivity contribution in [3.8, 4) is 31.0 Å². The molecule has 0 saturated carbocycles. The third-order valence-electron chi connectivity index (χ3n) is 2.94. The lowest BCUT2D eigenvalue weighted by Gasteiger charge is -2.00. The molecule has 0 radical (unpaired) electrons. The van der Waals surface area contributed by atoms with Crippen LogP contribution in [-0.4, -0.2) is 14.2 Å². The summed E-state index contributed by atoms with van der Waals surface area (Å²) in [6, 6.07) is 8.41. The van der Waals surface area contributed by atoms with E-state index >= 15 is 0 Å². The van der Waals surface area contributed by atoms with Gasteiger partial charge in [-0.2, -0.15) is 0 Å². The van der Waals surface area contributed by atoms with E-state index in [-0.39, 0.29) is 0 Å². The summed E-state index contributed by atoms with van der Waals surface area (Å²) in [5, 5.41) is 2.06. The van der Waals surface area contributed by atoms with Crippen molar-refractivity contribution in [2.45, 2.75) is 6.92 Å². The van der Waals surface area contributed by atoms with Crippen molar-refractivity contribution >= 4 is 34.0 Å². The molecule has 3 aromatic heterocycles. The van der Waals surface area contributed by atoms with Gasteiger partial charge in [-0.3, -0.25) is 0 Å². The second-order valence-electron chi connectivity index (χ2n) is 4.24. The fourth-order valence-electron chi connectivity index (χ4n) is 2.03. The summed E-state index contributed by atoms with van der Waals surface area (Å²) in [5.74, 6) is 1.90. The van der Waals surface area contributed by atoms with Crippen molar-refractivity contribution in [2.24, 2.45) is 0 Å². The van der Waals surface area contributed by atoms with Gasteiger partial charge in [-0.15, -0.1) is 34.0 Å². The molecule has 0 spiro atoms. The van der Waals surface area contributed by atoms with Crippen molar-refractivity contribution in [3.05, 3.63) is 34.5 Å². The minimum Gasteiger partial charge on any atom is -0.495 e. The van der Waals surface area contributed by atoms with Crippen molar-refractivity contribution in [2.75, 3.05) is 14.2 Å². The monoisotopic (exact) mass is 322 g/mol. The number of hydrogen-bond donors (Lipinski definition) is 0. The molecule has 3 heterocycles. The second-order valence-corrected chi connectivity index (χ2v) is 7.49. The van der Waals surface area contributed by atoms with E-state index in [1.807, 2.05) is 6.07 Å². The molecule has 0 saturated heterocycles. The summed E-state index contributed by atoms with van der Waals surface area (Å²) < 4.78 is 10.9. The Kier molecular flexibility index (Phi) is 3.83. The van der Waals surface area contributed by atoms with Crippen LogP contribution in [0, 0.1) is 6.92 Å². The van der Waals surface area contributed by atoms with Crippen LogP contribution >= 0.6 is 34.0 Å². The van der Waals surface area contributed by atoms with Crippen molar-refractivity contribution in [1.29, 1.82) is 0 Å². The Morgan fingerprint density at radius 2 is 1.55 bits per heavy atom. The Bertz CT molecular complexity index is 721. The Morgan fingerprint density at radius 3 is 2.25 bits per heavy atom. The minimum absolute atomic E-state index is 0.942. The summed E-state index contributed by atoms with van der Waals surface area (Å²) in [7, 11) is 3.44. The normalized spacial score (nSPS) is 10.8. The van der Waals surface area contributed by atoms with E-state index in [2.05, 4.69) is 30.5 Å². The van der Waals surface area contributed by atoms with Gasteiger partial charge in [-0.25, -0.2) is 0 Å². The maximum absolute atomic E-state index is 5.46. The number of rotatable bonds is 4. The number of thiophene rings is 3. The number of aryl methyl sites for hydroxylation is 1. The summed E-state index contributed by atoms with van der Waals surface area (Å²) in [5.41, 5.74) is 0. The van der Waals surface area contributed by atoms with Crippen LogP contribution < -0.4 is 9.47 Å². The van der Waals surface area contributed by atoms with Gasteiger partial charge in [-0.05, 0) is 36.6 Å². The largest absolute Gasteiger partial charge is 0.495 e. The molecule has 0 atom stereocenters. The molecule has 5 heteroatoms. The fourth-order valence-corrected chi connectivity index (χ4v) is 5.13. The molecular formula is C15H14O2S3. The van der Waals surface area contributed by atoms with Crippen molar-refractivity contribution < 1.29 is 9.47 Å². The summed E-state index contributed by atoms with van der Waals surface area (Å²) in [6.45, 7) is 2.10. The first kappa shape index (κ1) is 13.7. The van der Waals surface area contributed by atoms with Gasteiger partial charge in [0.1, 0.15) is 11.5 Å². The highest BCUT2D eigenvalue weighted by atomic mass is 32.1. The molecule has 0 aliphatic carbocycles. The molecule has 0 bridgehead atoms. The van der Waals surface area contributed by atoms with Crippen LogP contribution in [0.25, 0.3) is 19.5 Å². The maximum Gasteiger partial charge on any atom is 0.138 e. The quantitative estimate of drug-likeness (QED) is 0.628. The molecule has 3 rings (SSSR count). The zero-order chi connectivity index (χ0) is 14.1. The standard InChI is InChI=1S/C15H14O2S3/c1-9-8-11(17-3)15(19-9)13-5-4-12(20-13)14-10(16-2)6-7-18-14/h4-8H,1-3H3. The molecule has 2 nitrogen and oxygen atoms in total. The third kappa shape index (κ3) is 2.37. The van der Waals surface area contributed by atoms with Gasteiger partial charge in [0.15, 0.2) is 0 Å². The summed E-state index contributed by atoms with van der Waals surface area (Å²) >= 11 is 5.26.